The topological polar surface area (TPSA) is 83.8 Å². The van der Waals surface area contributed by atoms with E-state index in [1.54, 1.807) is 6.92 Å². The van der Waals surface area contributed by atoms with E-state index in [1.165, 1.54) is 6.92 Å². The second-order valence-corrected chi connectivity index (χ2v) is 2.83. The van der Waals surface area contributed by atoms with Crippen LogP contribution in [0.15, 0.2) is 0 Å². The van der Waals surface area contributed by atoms with Gasteiger partial charge in [-0.2, -0.15) is 0 Å². The van der Waals surface area contributed by atoms with E-state index in [-0.39, 0.29) is 32.8 Å². The van der Waals surface area contributed by atoms with E-state index in [4.69, 9.17) is 5.11 Å². The van der Waals surface area contributed by atoms with Crippen molar-refractivity contribution in [2.45, 2.75) is 32.5 Å². The second-order valence-electron chi connectivity index (χ2n) is 2.83. The molecule has 0 spiro atoms. The Labute approximate surface area is 102 Å². The summed E-state index contributed by atoms with van der Waals surface area (Å²) in [6, 6.07) is 0. The zero-order chi connectivity index (χ0) is 10.6. The molecule has 0 rings (SSSR count). The van der Waals surface area contributed by atoms with Crippen molar-refractivity contribution in [1.29, 1.82) is 0 Å². The number of ketones is 1. The van der Waals surface area contributed by atoms with Gasteiger partial charge in [-0.15, -0.1) is 0 Å². The molecule has 0 aliphatic carbocycles. The first-order chi connectivity index (χ1) is 5.84. The Hall–Kier alpha value is -0.0569. The van der Waals surface area contributed by atoms with Crippen molar-refractivity contribution in [2.24, 2.45) is 0 Å². The van der Waals surface area contributed by atoms with Crippen LogP contribution in [0.5, 0.6) is 0 Å². The molecule has 0 saturated carbocycles. The van der Waals surface area contributed by atoms with Crippen molar-refractivity contribution >= 4 is 11.8 Å². The quantitative estimate of drug-likeness (QED) is 0.523. The normalized spacial score (nSPS) is 16.1. The molecular formula is C8H14O5Zr. The third-order valence-corrected chi connectivity index (χ3v) is 1.53. The Bertz CT molecular complexity index is 212. The molecule has 0 aliphatic heterocycles. The number of aliphatic hydroxyl groups is 2. The molecule has 2 atom stereocenters. The van der Waals surface area contributed by atoms with E-state index in [1.807, 2.05) is 0 Å². The molecule has 0 heterocycles. The standard InChI is InChI=1S/C8H14O5.Zr/c1-4-13-7(11)8(3,12)6(10)5(2)9;/h5,9,12H,4H2,1-3H3;. The molecule has 0 fully saturated rings. The van der Waals surface area contributed by atoms with E-state index >= 15 is 0 Å². The maximum Gasteiger partial charge on any atom is 0.345 e. The molecule has 0 aromatic carbocycles. The van der Waals surface area contributed by atoms with Crippen LogP contribution in [0.25, 0.3) is 0 Å². The molecule has 14 heavy (non-hydrogen) atoms. The van der Waals surface area contributed by atoms with Gasteiger partial charge in [0.05, 0.1) is 6.61 Å². The maximum absolute atomic E-state index is 11.1. The van der Waals surface area contributed by atoms with Gasteiger partial charge in [-0.25, -0.2) is 4.79 Å². The summed E-state index contributed by atoms with van der Waals surface area (Å²) in [5, 5.41) is 18.2. The third kappa shape index (κ3) is 3.99. The van der Waals surface area contributed by atoms with Gasteiger partial charge in [-0.05, 0) is 20.8 Å². The van der Waals surface area contributed by atoms with Gasteiger partial charge in [0.25, 0.3) is 0 Å². The molecule has 0 bridgehead atoms. The van der Waals surface area contributed by atoms with Crippen LogP contribution in [-0.4, -0.2) is 40.3 Å². The number of carbonyl (C=O) groups excluding carboxylic acids is 2. The van der Waals surface area contributed by atoms with Crippen molar-refractivity contribution in [2.75, 3.05) is 6.61 Å². The van der Waals surface area contributed by atoms with Gasteiger partial charge in [0.1, 0.15) is 6.10 Å². The average molecular weight is 281 g/mol. The number of esters is 1. The van der Waals surface area contributed by atoms with E-state index < -0.39 is 23.5 Å². The monoisotopic (exact) mass is 280 g/mol. The number of ether oxygens (including phenoxy) is 1. The average Bonchev–Trinajstić information content (AvgIpc) is 2.03. The van der Waals surface area contributed by atoms with Crippen LogP contribution >= 0.6 is 0 Å². The van der Waals surface area contributed by atoms with Crippen LogP contribution in [0, 0.1) is 0 Å². The van der Waals surface area contributed by atoms with Crippen molar-refractivity contribution in [3.63, 3.8) is 0 Å². The smallest absolute Gasteiger partial charge is 0.345 e. The Morgan fingerprint density at radius 2 is 1.93 bits per heavy atom. The fourth-order valence-corrected chi connectivity index (χ4v) is 0.779. The van der Waals surface area contributed by atoms with Gasteiger partial charge in [0.15, 0.2) is 0 Å². The van der Waals surface area contributed by atoms with Crippen LogP contribution in [0.1, 0.15) is 20.8 Å². The molecule has 2 unspecified atom stereocenters. The number of carbonyl (C=O) groups is 2. The molecule has 80 valence electrons. The Morgan fingerprint density at radius 1 is 1.50 bits per heavy atom. The summed E-state index contributed by atoms with van der Waals surface area (Å²) < 4.78 is 4.46. The zero-order valence-corrected chi connectivity index (χ0v) is 10.9. The summed E-state index contributed by atoms with van der Waals surface area (Å²) in [7, 11) is 0. The number of Topliss-reactive ketones (excluding diaryl/α,β-unsaturated/α-hetero) is 1. The summed E-state index contributed by atoms with van der Waals surface area (Å²) in [6.07, 6.45) is -1.39. The van der Waals surface area contributed by atoms with Gasteiger partial charge in [0, 0.05) is 26.2 Å². The van der Waals surface area contributed by atoms with E-state index in [0.717, 1.165) is 6.92 Å². The Balaban J connectivity index is 0. The molecule has 0 amide bonds. The molecule has 0 aromatic heterocycles. The number of hydrogen-bond acceptors (Lipinski definition) is 5. The molecular weight excluding hydrogens is 267 g/mol. The predicted molar refractivity (Wildman–Crippen MR) is 43.9 cm³/mol. The summed E-state index contributed by atoms with van der Waals surface area (Å²) in [5.74, 6) is -2.01. The number of hydrogen-bond donors (Lipinski definition) is 2. The molecule has 5 nitrogen and oxygen atoms in total. The first-order valence-corrected chi connectivity index (χ1v) is 3.96. The van der Waals surface area contributed by atoms with Crippen molar-refractivity contribution in [3.05, 3.63) is 0 Å². The van der Waals surface area contributed by atoms with Crippen LogP contribution in [0.3, 0.4) is 0 Å². The SMILES string of the molecule is CCOC(=O)C(C)(O)C(=O)C(C)O.[Zr]. The van der Waals surface area contributed by atoms with E-state index in [2.05, 4.69) is 4.74 Å². The fourth-order valence-electron chi connectivity index (χ4n) is 0.779. The summed E-state index contributed by atoms with van der Waals surface area (Å²) >= 11 is 0. The van der Waals surface area contributed by atoms with Crippen LogP contribution in [0.2, 0.25) is 0 Å². The van der Waals surface area contributed by atoms with Gasteiger partial charge >= 0.3 is 5.97 Å². The van der Waals surface area contributed by atoms with Crippen LogP contribution in [0.4, 0.5) is 0 Å². The van der Waals surface area contributed by atoms with Gasteiger partial charge < -0.3 is 14.9 Å². The number of aliphatic hydroxyl groups excluding tert-OH is 1. The van der Waals surface area contributed by atoms with Crippen LogP contribution < -0.4 is 0 Å². The second kappa shape index (κ2) is 6.43. The minimum atomic E-state index is -2.26. The third-order valence-electron chi connectivity index (χ3n) is 1.53. The first-order valence-electron chi connectivity index (χ1n) is 3.96. The van der Waals surface area contributed by atoms with Gasteiger partial charge in [-0.3, -0.25) is 4.79 Å². The molecule has 0 radical (unpaired) electrons. The van der Waals surface area contributed by atoms with Crippen molar-refractivity contribution in [3.8, 4) is 0 Å². The van der Waals surface area contributed by atoms with E-state index in [9.17, 15) is 14.7 Å². The fraction of sp³-hybridized carbons (Fsp3) is 0.750. The van der Waals surface area contributed by atoms with Gasteiger partial charge in [0.2, 0.25) is 11.4 Å². The van der Waals surface area contributed by atoms with Gasteiger partial charge in [-0.1, -0.05) is 0 Å². The Morgan fingerprint density at radius 3 is 2.21 bits per heavy atom. The summed E-state index contributed by atoms with van der Waals surface area (Å²) in [5.41, 5.74) is -2.26. The van der Waals surface area contributed by atoms with Crippen molar-refractivity contribution < 1.29 is 50.7 Å². The van der Waals surface area contributed by atoms with Crippen molar-refractivity contribution in [1.82, 2.24) is 0 Å². The molecule has 0 aromatic rings. The number of rotatable bonds is 4. The molecule has 0 saturated heterocycles. The zero-order valence-electron chi connectivity index (χ0n) is 8.40. The Kier molecular flexibility index (Phi) is 7.52. The minimum absolute atomic E-state index is 0. The summed E-state index contributed by atoms with van der Waals surface area (Å²) in [4.78, 5) is 22.1. The molecule has 2 N–H and O–H groups in total. The maximum atomic E-state index is 11.1. The molecule has 0 aliphatic rings. The first kappa shape index (κ1) is 16.4. The predicted octanol–water partition coefficient (Wildman–Crippen LogP) is -0.752. The molecule has 6 heteroatoms. The largest absolute Gasteiger partial charge is 0.464 e. The minimum Gasteiger partial charge on any atom is -0.464 e. The van der Waals surface area contributed by atoms with Crippen LogP contribution in [-0.2, 0) is 40.5 Å². The van der Waals surface area contributed by atoms with E-state index in [0.29, 0.717) is 0 Å². The summed E-state index contributed by atoms with van der Waals surface area (Å²) in [6.45, 7) is 3.80.